The lowest BCUT2D eigenvalue weighted by Gasteiger charge is -2.28. The van der Waals surface area contributed by atoms with E-state index in [9.17, 15) is 18.0 Å². The molecule has 106 valence electrons. The molecule has 3 nitrogen and oxygen atoms in total. The van der Waals surface area contributed by atoms with Gasteiger partial charge in [0.25, 0.3) is 0 Å². The quantitative estimate of drug-likeness (QED) is 0.787. The van der Waals surface area contributed by atoms with Crippen molar-refractivity contribution in [2.45, 2.75) is 36.6 Å². The number of halogens is 3. The maximum atomic E-state index is 12.4. The molecule has 0 radical (unpaired) electrons. The van der Waals surface area contributed by atoms with E-state index < -0.39 is 24.6 Å². The van der Waals surface area contributed by atoms with Crippen LogP contribution in [-0.2, 0) is 4.79 Å². The standard InChI is InChI=1S/C11H18F3NO2S/c1-18-10(4-2-3-5-10)7-15-6-8(9(16)17)11(12,13)14/h8,15H,2-7H2,1H3,(H,16,17). The molecular formula is C11H18F3NO2S. The Hall–Kier alpha value is -0.430. The smallest absolute Gasteiger partial charge is 0.403 e. The monoisotopic (exact) mass is 285 g/mol. The minimum absolute atomic E-state index is 0.0192. The average molecular weight is 285 g/mol. The molecule has 0 aromatic heterocycles. The highest BCUT2D eigenvalue weighted by atomic mass is 32.2. The number of carboxylic acids is 1. The first kappa shape index (κ1) is 15.6. The highest BCUT2D eigenvalue weighted by Crippen LogP contribution is 2.39. The molecule has 0 bridgehead atoms. The van der Waals surface area contributed by atoms with Gasteiger partial charge < -0.3 is 10.4 Å². The van der Waals surface area contributed by atoms with Crippen LogP contribution in [0.1, 0.15) is 25.7 Å². The van der Waals surface area contributed by atoms with Crippen LogP contribution < -0.4 is 5.32 Å². The molecule has 1 saturated carbocycles. The molecule has 0 heterocycles. The highest BCUT2D eigenvalue weighted by Gasteiger charge is 2.45. The van der Waals surface area contributed by atoms with Crippen molar-refractivity contribution in [3.8, 4) is 0 Å². The second-order valence-electron chi connectivity index (χ2n) is 4.66. The van der Waals surface area contributed by atoms with Gasteiger partial charge in [-0.25, -0.2) is 0 Å². The summed E-state index contributed by atoms with van der Waals surface area (Å²) < 4.78 is 37.2. The van der Waals surface area contributed by atoms with Gasteiger partial charge in [-0.2, -0.15) is 24.9 Å². The van der Waals surface area contributed by atoms with Gasteiger partial charge in [0.05, 0.1) is 0 Å². The summed E-state index contributed by atoms with van der Waals surface area (Å²) in [5, 5.41) is 11.2. The molecule has 1 aliphatic rings. The van der Waals surface area contributed by atoms with Crippen LogP contribution in [0.15, 0.2) is 0 Å². The van der Waals surface area contributed by atoms with Gasteiger partial charge in [-0.1, -0.05) is 12.8 Å². The minimum atomic E-state index is -4.69. The number of alkyl halides is 3. The second kappa shape index (κ2) is 6.14. The van der Waals surface area contributed by atoms with Crippen LogP contribution in [0.25, 0.3) is 0 Å². The Balaban J connectivity index is 2.46. The molecule has 1 atom stereocenters. The molecule has 0 aromatic carbocycles. The fraction of sp³-hybridized carbons (Fsp3) is 0.909. The normalized spacial score (nSPS) is 20.9. The summed E-state index contributed by atoms with van der Waals surface area (Å²) in [5.74, 6) is -4.14. The van der Waals surface area contributed by atoms with Gasteiger partial charge in [-0.15, -0.1) is 0 Å². The van der Waals surface area contributed by atoms with Gasteiger partial charge in [-0.05, 0) is 19.1 Å². The first-order chi connectivity index (χ1) is 8.31. The van der Waals surface area contributed by atoms with Gasteiger partial charge in [0.1, 0.15) is 0 Å². The minimum Gasteiger partial charge on any atom is -0.481 e. The lowest BCUT2D eigenvalue weighted by atomic mass is 10.1. The molecular weight excluding hydrogens is 267 g/mol. The van der Waals surface area contributed by atoms with Crippen molar-refractivity contribution >= 4 is 17.7 Å². The first-order valence-electron chi connectivity index (χ1n) is 5.86. The Kier molecular flexibility index (Phi) is 5.33. The Bertz CT molecular complexity index is 291. The van der Waals surface area contributed by atoms with E-state index in [2.05, 4.69) is 5.32 Å². The van der Waals surface area contributed by atoms with Crippen LogP contribution in [0.5, 0.6) is 0 Å². The zero-order valence-electron chi connectivity index (χ0n) is 10.2. The topological polar surface area (TPSA) is 49.3 Å². The molecule has 0 amide bonds. The summed E-state index contributed by atoms with van der Waals surface area (Å²) in [5.41, 5.74) is 0. The van der Waals surface area contributed by atoms with Gasteiger partial charge in [0.15, 0.2) is 5.92 Å². The lowest BCUT2D eigenvalue weighted by molar-refractivity contribution is -0.192. The molecule has 1 fully saturated rings. The zero-order valence-corrected chi connectivity index (χ0v) is 11.0. The molecule has 0 aliphatic heterocycles. The third-order valence-electron chi connectivity index (χ3n) is 3.44. The van der Waals surface area contributed by atoms with E-state index in [0.717, 1.165) is 25.7 Å². The molecule has 0 spiro atoms. The van der Waals surface area contributed by atoms with Gasteiger partial charge in [0, 0.05) is 17.8 Å². The van der Waals surface area contributed by atoms with Crippen molar-refractivity contribution in [2.24, 2.45) is 5.92 Å². The summed E-state index contributed by atoms with van der Waals surface area (Å²) in [6.07, 6.45) is 1.39. The van der Waals surface area contributed by atoms with Crippen molar-refractivity contribution in [1.29, 1.82) is 0 Å². The SMILES string of the molecule is CSC1(CNCC(C(=O)O)C(F)(F)F)CCCC1. The first-order valence-corrected chi connectivity index (χ1v) is 7.09. The summed E-state index contributed by atoms with van der Waals surface area (Å²) in [6, 6.07) is 0. The van der Waals surface area contributed by atoms with E-state index in [1.165, 1.54) is 0 Å². The van der Waals surface area contributed by atoms with Crippen LogP contribution in [0.2, 0.25) is 0 Å². The van der Waals surface area contributed by atoms with E-state index in [-0.39, 0.29) is 4.75 Å². The van der Waals surface area contributed by atoms with Crippen molar-refractivity contribution in [3.63, 3.8) is 0 Å². The molecule has 0 saturated heterocycles. The van der Waals surface area contributed by atoms with Crippen molar-refractivity contribution < 1.29 is 23.1 Å². The van der Waals surface area contributed by atoms with Crippen LogP contribution in [-0.4, -0.2) is 41.3 Å². The maximum absolute atomic E-state index is 12.4. The predicted octanol–water partition coefficient (Wildman–Crippen LogP) is 2.51. The highest BCUT2D eigenvalue weighted by molar-refractivity contribution is 8.00. The number of hydrogen-bond acceptors (Lipinski definition) is 3. The Morgan fingerprint density at radius 2 is 2.00 bits per heavy atom. The Morgan fingerprint density at radius 1 is 1.44 bits per heavy atom. The van der Waals surface area contributed by atoms with E-state index in [0.29, 0.717) is 6.54 Å². The molecule has 18 heavy (non-hydrogen) atoms. The van der Waals surface area contributed by atoms with E-state index >= 15 is 0 Å². The summed E-state index contributed by atoms with van der Waals surface area (Å²) >= 11 is 1.66. The van der Waals surface area contributed by atoms with Crippen LogP contribution in [0.3, 0.4) is 0 Å². The van der Waals surface area contributed by atoms with Gasteiger partial charge in [-0.3, -0.25) is 4.79 Å². The Labute approximate surface area is 109 Å². The van der Waals surface area contributed by atoms with Crippen LogP contribution >= 0.6 is 11.8 Å². The summed E-state index contributed by atoms with van der Waals surface area (Å²) in [7, 11) is 0. The fourth-order valence-electron chi connectivity index (χ4n) is 2.26. The number of rotatable bonds is 6. The number of thioether (sulfide) groups is 1. The molecule has 7 heteroatoms. The van der Waals surface area contributed by atoms with E-state index in [1.807, 2.05) is 6.26 Å². The third-order valence-corrected chi connectivity index (χ3v) is 4.86. The van der Waals surface area contributed by atoms with Crippen molar-refractivity contribution in [2.75, 3.05) is 19.3 Å². The number of carbonyl (C=O) groups is 1. The molecule has 1 unspecified atom stereocenters. The third kappa shape index (κ3) is 4.05. The van der Waals surface area contributed by atoms with Crippen molar-refractivity contribution in [1.82, 2.24) is 5.32 Å². The van der Waals surface area contributed by atoms with E-state index in [4.69, 9.17) is 5.11 Å². The molecule has 1 aliphatic carbocycles. The van der Waals surface area contributed by atoms with Gasteiger partial charge >= 0.3 is 12.1 Å². The number of nitrogens with one attached hydrogen (secondary N) is 1. The largest absolute Gasteiger partial charge is 0.481 e. The fourth-order valence-corrected chi connectivity index (χ4v) is 3.20. The average Bonchev–Trinajstić information content (AvgIpc) is 2.71. The van der Waals surface area contributed by atoms with Crippen molar-refractivity contribution in [3.05, 3.63) is 0 Å². The summed E-state index contributed by atoms with van der Waals surface area (Å²) in [6.45, 7) is -0.116. The second-order valence-corrected chi connectivity index (χ2v) is 5.93. The lowest BCUT2D eigenvalue weighted by Crippen LogP contribution is -2.43. The number of aliphatic carboxylic acids is 1. The van der Waals surface area contributed by atoms with Crippen LogP contribution in [0, 0.1) is 5.92 Å². The maximum Gasteiger partial charge on any atom is 0.403 e. The zero-order chi connectivity index (χ0) is 13.8. The molecule has 0 aromatic rings. The molecule has 1 rings (SSSR count). The number of hydrogen-bond donors (Lipinski definition) is 2. The Morgan fingerprint density at radius 3 is 2.39 bits per heavy atom. The number of carboxylic acid groups (broad SMARTS) is 1. The van der Waals surface area contributed by atoms with Gasteiger partial charge in [0.2, 0.25) is 0 Å². The van der Waals surface area contributed by atoms with Crippen LogP contribution in [0.4, 0.5) is 13.2 Å². The predicted molar refractivity (Wildman–Crippen MR) is 64.8 cm³/mol. The van der Waals surface area contributed by atoms with E-state index in [1.54, 1.807) is 11.8 Å². The summed E-state index contributed by atoms with van der Waals surface area (Å²) in [4.78, 5) is 10.6. The molecule has 2 N–H and O–H groups in total.